The van der Waals surface area contributed by atoms with Crippen LogP contribution >= 0.6 is 0 Å². The van der Waals surface area contributed by atoms with E-state index in [9.17, 15) is 4.79 Å². The first kappa shape index (κ1) is 15.5. The van der Waals surface area contributed by atoms with Gasteiger partial charge in [0, 0.05) is 5.69 Å². The number of hydrogen-bond acceptors (Lipinski definition) is 3. The summed E-state index contributed by atoms with van der Waals surface area (Å²) in [5.74, 6) is 0. The Bertz CT molecular complexity index is 348. The van der Waals surface area contributed by atoms with Crippen LogP contribution in [0.15, 0.2) is 30.3 Å². The monoisotopic (exact) mass is 264 g/mol. The first-order valence-electron chi connectivity index (χ1n) is 6.99. The Morgan fingerprint density at radius 1 is 1.26 bits per heavy atom. The highest BCUT2D eigenvalue weighted by Crippen LogP contribution is 2.10. The zero-order valence-corrected chi connectivity index (χ0v) is 11.8. The summed E-state index contributed by atoms with van der Waals surface area (Å²) in [7, 11) is 0. The van der Waals surface area contributed by atoms with Crippen LogP contribution in [0.3, 0.4) is 0 Å². The number of carbonyl (C=O) groups excluding carboxylic acids is 1. The molecule has 0 unspecified atom stereocenters. The Morgan fingerprint density at radius 2 is 1.84 bits per heavy atom. The maximum absolute atomic E-state index is 11.5. The fourth-order valence-corrected chi connectivity index (χ4v) is 1.73. The second-order valence-corrected chi connectivity index (χ2v) is 4.55. The molecule has 0 spiro atoms. The summed E-state index contributed by atoms with van der Waals surface area (Å²) in [4.78, 5) is 11.5. The van der Waals surface area contributed by atoms with Gasteiger partial charge in [-0.15, -0.1) is 0 Å². The van der Waals surface area contributed by atoms with Crippen molar-refractivity contribution in [2.45, 2.75) is 39.2 Å². The number of benzene rings is 1. The number of para-hydroxylation sites is 1. The van der Waals surface area contributed by atoms with Gasteiger partial charge in [0.1, 0.15) is 6.10 Å². The van der Waals surface area contributed by atoms with Crippen molar-refractivity contribution >= 4 is 11.8 Å². The smallest absolute Gasteiger partial charge is 0.411 e. The molecule has 0 aliphatic carbocycles. The third kappa shape index (κ3) is 6.82. The number of hydrogen-bond donors (Lipinski definition) is 2. The van der Waals surface area contributed by atoms with Crippen molar-refractivity contribution in [2.75, 3.05) is 18.4 Å². The average molecular weight is 264 g/mol. The number of carbonyl (C=O) groups is 1. The molecule has 0 saturated carbocycles. The van der Waals surface area contributed by atoms with Crippen molar-refractivity contribution in [3.05, 3.63) is 30.3 Å². The highest BCUT2D eigenvalue weighted by molar-refractivity contribution is 5.84. The van der Waals surface area contributed by atoms with Gasteiger partial charge in [0.2, 0.25) is 0 Å². The van der Waals surface area contributed by atoms with E-state index in [4.69, 9.17) is 4.74 Å². The SMILES string of the molecule is CCC.O=C(Nc1ccccc1)OC1CCNCC1. The topological polar surface area (TPSA) is 50.4 Å². The first-order valence-corrected chi connectivity index (χ1v) is 6.99. The largest absolute Gasteiger partial charge is 0.446 e. The van der Waals surface area contributed by atoms with Gasteiger partial charge in [0.05, 0.1) is 0 Å². The summed E-state index contributed by atoms with van der Waals surface area (Å²) in [6.45, 7) is 6.09. The molecule has 1 saturated heterocycles. The Labute approximate surface area is 115 Å². The van der Waals surface area contributed by atoms with Crippen molar-refractivity contribution in [1.29, 1.82) is 0 Å². The molecule has 0 radical (unpaired) electrons. The molecule has 19 heavy (non-hydrogen) atoms. The van der Waals surface area contributed by atoms with Gasteiger partial charge in [-0.25, -0.2) is 4.79 Å². The quantitative estimate of drug-likeness (QED) is 0.860. The van der Waals surface area contributed by atoms with E-state index in [1.807, 2.05) is 30.3 Å². The van der Waals surface area contributed by atoms with Crippen LogP contribution in [0.5, 0.6) is 0 Å². The molecule has 106 valence electrons. The minimum atomic E-state index is -0.363. The molecule has 1 aliphatic rings. The summed E-state index contributed by atoms with van der Waals surface area (Å²) in [6, 6.07) is 9.33. The van der Waals surface area contributed by atoms with Gasteiger partial charge in [0.15, 0.2) is 0 Å². The van der Waals surface area contributed by atoms with Gasteiger partial charge in [-0.1, -0.05) is 38.5 Å². The standard InChI is InChI=1S/C12H16N2O2.C3H8/c15-12(14-10-4-2-1-3-5-10)16-11-6-8-13-9-7-11;1-3-2/h1-5,11,13H,6-9H2,(H,14,15);3H2,1-2H3. The van der Waals surface area contributed by atoms with E-state index in [1.165, 1.54) is 6.42 Å². The van der Waals surface area contributed by atoms with E-state index in [1.54, 1.807) is 0 Å². The molecule has 0 bridgehead atoms. The minimum absolute atomic E-state index is 0.0463. The highest BCUT2D eigenvalue weighted by atomic mass is 16.6. The summed E-state index contributed by atoms with van der Waals surface area (Å²) in [5, 5.41) is 5.93. The van der Waals surface area contributed by atoms with E-state index in [0.717, 1.165) is 31.6 Å². The number of anilines is 1. The first-order chi connectivity index (χ1) is 9.26. The molecule has 1 aromatic rings. The van der Waals surface area contributed by atoms with Crippen LogP contribution in [0.4, 0.5) is 10.5 Å². The van der Waals surface area contributed by atoms with Crippen LogP contribution in [0.25, 0.3) is 0 Å². The number of rotatable bonds is 2. The van der Waals surface area contributed by atoms with Crippen molar-refractivity contribution in [3.63, 3.8) is 0 Å². The predicted octanol–water partition coefficient (Wildman–Crippen LogP) is 3.40. The molecule has 2 rings (SSSR count). The Balaban J connectivity index is 0.000000550. The number of piperidine rings is 1. The van der Waals surface area contributed by atoms with E-state index in [0.29, 0.717) is 0 Å². The molecular formula is C15H24N2O2. The molecule has 1 aliphatic heterocycles. The lowest BCUT2D eigenvalue weighted by atomic mass is 10.1. The van der Waals surface area contributed by atoms with Crippen LogP contribution in [0, 0.1) is 0 Å². The molecule has 4 heteroatoms. The fraction of sp³-hybridized carbons (Fsp3) is 0.533. The normalized spacial score (nSPS) is 15.1. The van der Waals surface area contributed by atoms with E-state index in [2.05, 4.69) is 24.5 Å². The zero-order chi connectivity index (χ0) is 13.9. The van der Waals surface area contributed by atoms with Gasteiger partial charge in [0.25, 0.3) is 0 Å². The van der Waals surface area contributed by atoms with Crippen molar-refractivity contribution in [1.82, 2.24) is 5.32 Å². The number of nitrogens with one attached hydrogen (secondary N) is 2. The van der Waals surface area contributed by atoms with Gasteiger partial charge < -0.3 is 10.1 Å². The molecule has 1 amide bonds. The lowest BCUT2D eigenvalue weighted by molar-refractivity contribution is 0.0909. The Morgan fingerprint density at radius 3 is 2.42 bits per heavy atom. The third-order valence-corrected chi connectivity index (χ3v) is 2.58. The molecule has 1 heterocycles. The van der Waals surface area contributed by atoms with Crippen LogP contribution < -0.4 is 10.6 Å². The van der Waals surface area contributed by atoms with Crippen LogP contribution in [0.1, 0.15) is 33.1 Å². The highest BCUT2D eigenvalue weighted by Gasteiger charge is 2.17. The van der Waals surface area contributed by atoms with Gasteiger partial charge in [-0.2, -0.15) is 0 Å². The lowest BCUT2D eigenvalue weighted by Crippen LogP contribution is -2.34. The van der Waals surface area contributed by atoms with Gasteiger partial charge in [-0.05, 0) is 38.1 Å². The summed E-state index contributed by atoms with van der Waals surface area (Å²) in [5.41, 5.74) is 0.765. The minimum Gasteiger partial charge on any atom is -0.446 e. The van der Waals surface area contributed by atoms with Crippen LogP contribution in [-0.4, -0.2) is 25.3 Å². The number of ether oxygens (including phenoxy) is 1. The van der Waals surface area contributed by atoms with Crippen LogP contribution in [-0.2, 0) is 4.74 Å². The average Bonchev–Trinajstić information content (AvgIpc) is 2.41. The molecule has 0 atom stereocenters. The predicted molar refractivity (Wildman–Crippen MR) is 78.4 cm³/mol. The van der Waals surface area contributed by atoms with Gasteiger partial charge in [-0.3, -0.25) is 5.32 Å². The molecule has 0 aromatic heterocycles. The van der Waals surface area contributed by atoms with Crippen molar-refractivity contribution < 1.29 is 9.53 Å². The van der Waals surface area contributed by atoms with E-state index < -0.39 is 0 Å². The summed E-state index contributed by atoms with van der Waals surface area (Å²) < 4.78 is 5.31. The number of amides is 1. The maximum Gasteiger partial charge on any atom is 0.411 e. The Hall–Kier alpha value is -1.55. The van der Waals surface area contributed by atoms with E-state index >= 15 is 0 Å². The van der Waals surface area contributed by atoms with Crippen molar-refractivity contribution in [2.24, 2.45) is 0 Å². The Kier molecular flexibility index (Phi) is 7.66. The second-order valence-electron chi connectivity index (χ2n) is 4.55. The second kappa shape index (κ2) is 9.39. The molecule has 1 fully saturated rings. The van der Waals surface area contributed by atoms with E-state index in [-0.39, 0.29) is 12.2 Å². The summed E-state index contributed by atoms with van der Waals surface area (Å²) in [6.07, 6.45) is 2.72. The molecular weight excluding hydrogens is 240 g/mol. The fourth-order valence-electron chi connectivity index (χ4n) is 1.73. The van der Waals surface area contributed by atoms with Crippen molar-refractivity contribution in [3.8, 4) is 0 Å². The van der Waals surface area contributed by atoms with Gasteiger partial charge >= 0.3 is 6.09 Å². The lowest BCUT2D eigenvalue weighted by Gasteiger charge is -2.22. The molecule has 2 N–H and O–H groups in total. The third-order valence-electron chi connectivity index (χ3n) is 2.58. The summed E-state index contributed by atoms with van der Waals surface area (Å²) >= 11 is 0. The zero-order valence-electron chi connectivity index (χ0n) is 11.8. The van der Waals surface area contributed by atoms with Crippen LogP contribution in [0.2, 0.25) is 0 Å². The molecule has 1 aromatic carbocycles. The maximum atomic E-state index is 11.5. The molecule has 4 nitrogen and oxygen atoms in total.